The molecule has 0 aliphatic carbocycles. The van der Waals surface area contributed by atoms with Gasteiger partial charge >= 0.3 is 0 Å². The average molecular weight is 297 g/mol. The van der Waals surface area contributed by atoms with Crippen LogP contribution in [0.4, 0.5) is 0 Å². The predicted octanol–water partition coefficient (Wildman–Crippen LogP) is 2.47. The summed E-state index contributed by atoms with van der Waals surface area (Å²) in [5.74, 6) is -0.0997. The second kappa shape index (κ2) is 6.23. The Morgan fingerprint density at radius 1 is 1.23 bits per heavy atom. The quantitative estimate of drug-likeness (QED) is 0.854. The summed E-state index contributed by atoms with van der Waals surface area (Å²) in [6, 6.07) is 9.94. The first-order valence-corrected chi connectivity index (χ1v) is 7.43. The van der Waals surface area contributed by atoms with Gasteiger partial charge in [-0.2, -0.15) is 0 Å². The summed E-state index contributed by atoms with van der Waals surface area (Å²) in [7, 11) is 0. The van der Waals surface area contributed by atoms with Crippen molar-refractivity contribution >= 4 is 5.91 Å². The number of hydrogen-bond donors (Lipinski definition) is 0. The van der Waals surface area contributed by atoms with Crippen LogP contribution in [0.5, 0.6) is 0 Å². The molecule has 3 rings (SSSR count). The zero-order valence-corrected chi connectivity index (χ0v) is 12.7. The lowest BCUT2D eigenvalue weighted by Crippen LogP contribution is -2.53. The molecule has 5 heteroatoms. The summed E-state index contributed by atoms with van der Waals surface area (Å²) in [5.41, 5.74) is 1.45. The van der Waals surface area contributed by atoms with E-state index >= 15 is 0 Å². The third-order valence-corrected chi connectivity index (χ3v) is 4.01. The van der Waals surface area contributed by atoms with Crippen molar-refractivity contribution in [1.29, 1.82) is 0 Å². The molecule has 3 atom stereocenters. The summed E-state index contributed by atoms with van der Waals surface area (Å²) in [6.45, 7) is 4.52. The number of hydrogen-bond acceptors (Lipinski definition) is 4. The first-order chi connectivity index (χ1) is 10.7. The van der Waals surface area contributed by atoms with E-state index in [0.717, 1.165) is 5.56 Å². The molecule has 1 aromatic heterocycles. The highest BCUT2D eigenvalue weighted by Gasteiger charge is 2.37. The first kappa shape index (κ1) is 14.7. The predicted molar refractivity (Wildman–Crippen MR) is 82.3 cm³/mol. The van der Waals surface area contributed by atoms with Crippen LogP contribution < -0.4 is 0 Å². The molecule has 0 bridgehead atoms. The third kappa shape index (κ3) is 2.72. The van der Waals surface area contributed by atoms with Crippen LogP contribution in [0.1, 0.15) is 36.0 Å². The van der Waals surface area contributed by atoms with Gasteiger partial charge in [0.25, 0.3) is 5.91 Å². The van der Waals surface area contributed by atoms with Gasteiger partial charge in [0.1, 0.15) is 11.8 Å². The summed E-state index contributed by atoms with van der Waals surface area (Å²) in [4.78, 5) is 22.7. The molecule has 0 radical (unpaired) electrons. The van der Waals surface area contributed by atoms with E-state index < -0.39 is 0 Å². The Morgan fingerprint density at radius 2 is 2.00 bits per heavy atom. The highest BCUT2D eigenvalue weighted by atomic mass is 16.5. The van der Waals surface area contributed by atoms with E-state index in [-0.39, 0.29) is 24.1 Å². The number of carbonyl (C=O) groups excluding carboxylic acids is 1. The molecule has 2 aromatic rings. The van der Waals surface area contributed by atoms with Gasteiger partial charge in [0.2, 0.25) is 0 Å². The number of morpholine rings is 1. The molecule has 1 aromatic carbocycles. The number of amides is 1. The number of aromatic nitrogens is 2. The fraction of sp³-hybridized carbons (Fsp3) is 0.353. The van der Waals surface area contributed by atoms with Gasteiger partial charge in [-0.25, -0.2) is 4.98 Å². The van der Waals surface area contributed by atoms with E-state index in [9.17, 15) is 4.79 Å². The van der Waals surface area contributed by atoms with E-state index in [1.54, 1.807) is 6.20 Å². The molecule has 0 spiro atoms. The summed E-state index contributed by atoms with van der Waals surface area (Å²) >= 11 is 0. The molecule has 1 aliphatic heterocycles. The maximum absolute atomic E-state index is 12.8. The van der Waals surface area contributed by atoms with Gasteiger partial charge in [-0.1, -0.05) is 30.3 Å². The van der Waals surface area contributed by atoms with Crippen LogP contribution in [0.15, 0.2) is 48.9 Å². The largest absolute Gasteiger partial charge is 0.369 e. The first-order valence-electron chi connectivity index (χ1n) is 7.43. The van der Waals surface area contributed by atoms with Crippen LogP contribution in [0.3, 0.4) is 0 Å². The lowest BCUT2D eigenvalue weighted by Gasteiger charge is -2.43. The zero-order valence-electron chi connectivity index (χ0n) is 12.7. The van der Waals surface area contributed by atoms with Crippen molar-refractivity contribution in [3.8, 4) is 0 Å². The topological polar surface area (TPSA) is 55.3 Å². The molecular formula is C17H19N3O2. The molecule has 1 amide bonds. The Hall–Kier alpha value is -2.27. The SMILES string of the molecule is C[C@@H]1CO[C@@H](c2ccccc2)[C@H](C)N1C(=O)c1cnccn1. The Morgan fingerprint density at radius 3 is 2.68 bits per heavy atom. The van der Waals surface area contributed by atoms with Crippen molar-refractivity contribution in [2.24, 2.45) is 0 Å². The van der Waals surface area contributed by atoms with Gasteiger partial charge in [-0.3, -0.25) is 9.78 Å². The molecule has 1 aliphatic rings. The van der Waals surface area contributed by atoms with Crippen LogP contribution >= 0.6 is 0 Å². The monoisotopic (exact) mass is 297 g/mol. The fourth-order valence-corrected chi connectivity index (χ4v) is 2.95. The van der Waals surface area contributed by atoms with Gasteiger partial charge in [-0.15, -0.1) is 0 Å². The molecule has 1 saturated heterocycles. The lowest BCUT2D eigenvalue weighted by atomic mass is 9.98. The van der Waals surface area contributed by atoms with E-state index in [2.05, 4.69) is 9.97 Å². The molecule has 1 fully saturated rings. The van der Waals surface area contributed by atoms with Gasteiger partial charge in [-0.05, 0) is 19.4 Å². The van der Waals surface area contributed by atoms with Crippen molar-refractivity contribution < 1.29 is 9.53 Å². The number of carbonyl (C=O) groups is 1. The van der Waals surface area contributed by atoms with Crippen LogP contribution in [0.2, 0.25) is 0 Å². The minimum absolute atomic E-state index is 0.00414. The van der Waals surface area contributed by atoms with E-state index in [4.69, 9.17) is 4.74 Å². The minimum Gasteiger partial charge on any atom is -0.369 e. The van der Waals surface area contributed by atoms with Crippen molar-refractivity contribution in [2.45, 2.75) is 32.0 Å². The molecule has 22 heavy (non-hydrogen) atoms. The third-order valence-electron chi connectivity index (χ3n) is 4.01. The smallest absolute Gasteiger partial charge is 0.274 e. The average Bonchev–Trinajstić information content (AvgIpc) is 2.56. The van der Waals surface area contributed by atoms with Crippen molar-refractivity contribution in [3.63, 3.8) is 0 Å². The molecule has 0 unspecified atom stereocenters. The van der Waals surface area contributed by atoms with Gasteiger partial charge in [0.15, 0.2) is 0 Å². The Labute approximate surface area is 130 Å². The summed E-state index contributed by atoms with van der Waals surface area (Å²) < 4.78 is 5.97. The van der Waals surface area contributed by atoms with E-state index in [0.29, 0.717) is 12.3 Å². The Kier molecular flexibility index (Phi) is 4.15. The highest BCUT2D eigenvalue weighted by molar-refractivity contribution is 5.92. The number of benzene rings is 1. The van der Waals surface area contributed by atoms with Crippen molar-refractivity contribution in [1.82, 2.24) is 14.9 Å². The summed E-state index contributed by atoms with van der Waals surface area (Å²) in [5, 5.41) is 0. The van der Waals surface area contributed by atoms with Gasteiger partial charge in [0.05, 0.1) is 24.9 Å². The van der Waals surface area contributed by atoms with Crippen molar-refractivity contribution in [3.05, 3.63) is 60.2 Å². The van der Waals surface area contributed by atoms with Crippen molar-refractivity contribution in [2.75, 3.05) is 6.61 Å². The number of ether oxygens (including phenoxy) is 1. The van der Waals surface area contributed by atoms with E-state index in [1.165, 1.54) is 12.4 Å². The van der Waals surface area contributed by atoms with Gasteiger partial charge in [0, 0.05) is 12.4 Å². The molecule has 0 saturated carbocycles. The van der Waals surface area contributed by atoms with E-state index in [1.807, 2.05) is 49.1 Å². The van der Waals surface area contributed by atoms with Crippen LogP contribution in [0.25, 0.3) is 0 Å². The maximum Gasteiger partial charge on any atom is 0.274 e. The molecule has 2 heterocycles. The Balaban J connectivity index is 1.88. The zero-order chi connectivity index (χ0) is 15.5. The molecule has 5 nitrogen and oxygen atoms in total. The normalized spacial score (nSPS) is 25.0. The Bertz CT molecular complexity index is 633. The van der Waals surface area contributed by atoms with Gasteiger partial charge < -0.3 is 9.64 Å². The highest BCUT2D eigenvalue weighted by Crippen LogP contribution is 2.31. The number of rotatable bonds is 2. The fourth-order valence-electron chi connectivity index (χ4n) is 2.95. The van der Waals surface area contributed by atoms with Crippen LogP contribution in [0, 0.1) is 0 Å². The van der Waals surface area contributed by atoms with Crippen LogP contribution in [-0.2, 0) is 4.74 Å². The minimum atomic E-state index is -0.127. The lowest BCUT2D eigenvalue weighted by molar-refractivity contribution is -0.0808. The summed E-state index contributed by atoms with van der Waals surface area (Å²) in [6.07, 6.45) is 4.49. The molecule has 0 N–H and O–H groups in total. The number of nitrogens with zero attached hydrogens (tertiary/aromatic N) is 3. The molecule has 114 valence electrons. The van der Waals surface area contributed by atoms with Crippen LogP contribution in [-0.4, -0.2) is 39.5 Å². The maximum atomic E-state index is 12.8. The standard InChI is InChI=1S/C17H19N3O2/c1-12-11-22-16(14-6-4-3-5-7-14)13(2)20(12)17(21)15-10-18-8-9-19-15/h3-10,12-13,16H,11H2,1-2H3/t12-,13+,16-/m1/s1. The molecular weight excluding hydrogens is 278 g/mol. The second-order valence-electron chi connectivity index (χ2n) is 5.56. The second-order valence-corrected chi connectivity index (χ2v) is 5.56.